The van der Waals surface area contributed by atoms with Crippen LogP contribution in [0.5, 0.6) is 0 Å². The molecule has 1 aliphatic heterocycles. The van der Waals surface area contributed by atoms with Gasteiger partial charge in [-0.1, -0.05) is 84.8 Å². The highest BCUT2D eigenvalue weighted by Crippen LogP contribution is 2.35. The summed E-state index contributed by atoms with van der Waals surface area (Å²) in [6.07, 6.45) is 12.1. The summed E-state index contributed by atoms with van der Waals surface area (Å²) in [5, 5.41) is 4.49. The van der Waals surface area contributed by atoms with E-state index in [0.717, 1.165) is 49.7 Å². The van der Waals surface area contributed by atoms with Crippen molar-refractivity contribution in [2.24, 2.45) is 0 Å². The Balaban J connectivity index is 1.68. The van der Waals surface area contributed by atoms with E-state index in [1.807, 2.05) is 18.2 Å². The third-order valence-corrected chi connectivity index (χ3v) is 5.85. The number of rotatable bonds is 12. The Morgan fingerprint density at radius 3 is 2.12 bits per heavy atom. The van der Waals surface area contributed by atoms with E-state index in [1.165, 1.54) is 38.5 Å². The van der Waals surface area contributed by atoms with Crippen molar-refractivity contribution in [2.75, 3.05) is 18.4 Å². The quantitative estimate of drug-likeness (QED) is 0.265. The van der Waals surface area contributed by atoms with Crippen molar-refractivity contribution in [1.29, 1.82) is 0 Å². The van der Waals surface area contributed by atoms with Crippen LogP contribution in [0.2, 0.25) is 0 Å². The van der Waals surface area contributed by atoms with E-state index in [9.17, 15) is 4.79 Å². The maximum atomic E-state index is 12.4. The lowest BCUT2D eigenvalue weighted by Crippen LogP contribution is -2.43. The molecule has 1 aromatic carbocycles. The molecule has 0 bridgehead atoms. The molecule has 0 radical (unpaired) electrons. The molecule has 0 saturated carbocycles. The van der Waals surface area contributed by atoms with Gasteiger partial charge in [0.1, 0.15) is 5.60 Å². The standard InChI is InChI=1S/C22H34BrNO2/c23-17-11-6-4-2-1-3-5-10-14-21(25)26-22(15-18-24-19-16-22)20-12-8-7-9-13-20/h7-9,12-13,24H,1-6,10-11,14-19H2. The Labute approximate surface area is 167 Å². The average molecular weight is 424 g/mol. The van der Waals surface area contributed by atoms with Crippen molar-refractivity contribution in [3.63, 3.8) is 0 Å². The Bertz CT molecular complexity index is 500. The molecular weight excluding hydrogens is 390 g/mol. The van der Waals surface area contributed by atoms with E-state index in [1.54, 1.807) is 0 Å². The van der Waals surface area contributed by atoms with Crippen molar-refractivity contribution in [3.05, 3.63) is 35.9 Å². The van der Waals surface area contributed by atoms with Crippen LogP contribution < -0.4 is 5.32 Å². The van der Waals surface area contributed by atoms with Gasteiger partial charge in [0.25, 0.3) is 0 Å². The number of benzene rings is 1. The van der Waals surface area contributed by atoms with E-state index in [2.05, 4.69) is 33.4 Å². The molecule has 26 heavy (non-hydrogen) atoms. The van der Waals surface area contributed by atoms with Crippen molar-refractivity contribution >= 4 is 21.9 Å². The number of ether oxygens (including phenoxy) is 1. The van der Waals surface area contributed by atoms with Crippen LogP contribution in [0.1, 0.15) is 76.2 Å². The van der Waals surface area contributed by atoms with Crippen LogP contribution in [0.4, 0.5) is 0 Å². The Morgan fingerprint density at radius 2 is 1.50 bits per heavy atom. The molecule has 0 aliphatic carbocycles. The number of unbranched alkanes of at least 4 members (excludes halogenated alkanes) is 7. The first-order chi connectivity index (χ1) is 12.8. The molecule has 1 aromatic rings. The zero-order valence-corrected chi connectivity index (χ0v) is 17.6. The maximum absolute atomic E-state index is 12.4. The molecule has 0 spiro atoms. The Kier molecular flexibility index (Phi) is 10.3. The van der Waals surface area contributed by atoms with Gasteiger partial charge in [0, 0.05) is 24.6 Å². The molecule has 1 fully saturated rings. The Hall–Kier alpha value is -0.870. The van der Waals surface area contributed by atoms with Gasteiger partial charge in [-0.25, -0.2) is 0 Å². The minimum Gasteiger partial charge on any atom is -0.454 e. The van der Waals surface area contributed by atoms with Gasteiger partial charge in [-0.3, -0.25) is 4.79 Å². The summed E-state index contributed by atoms with van der Waals surface area (Å²) in [6.45, 7) is 1.80. The number of piperidine rings is 1. The van der Waals surface area contributed by atoms with E-state index in [0.29, 0.717) is 6.42 Å². The maximum Gasteiger partial charge on any atom is 0.306 e. The Morgan fingerprint density at radius 1 is 0.923 bits per heavy atom. The fourth-order valence-electron chi connectivity index (χ4n) is 3.72. The van der Waals surface area contributed by atoms with Gasteiger partial charge in [-0.15, -0.1) is 0 Å². The van der Waals surface area contributed by atoms with Crippen LogP contribution in [0.15, 0.2) is 30.3 Å². The summed E-state index contributed by atoms with van der Waals surface area (Å²) in [5.41, 5.74) is 0.706. The number of nitrogens with one attached hydrogen (secondary N) is 1. The first-order valence-corrected chi connectivity index (χ1v) is 11.4. The summed E-state index contributed by atoms with van der Waals surface area (Å²) in [5.74, 6) is -0.0342. The number of carbonyl (C=O) groups excluding carboxylic acids is 1. The van der Waals surface area contributed by atoms with Crippen LogP contribution in [0, 0.1) is 0 Å². The fourth-order valence-corrected chi connectivity index (χ4v) is 4.11. The third kappa shape index (κ3) is 7.40. The summed E-state index contributed by atoms with van der Waals surface area (Å²) in [7, 11) is 0. The number of hydrogen-bond acceptors (Lipinski definition) is 3. The fraction of sp³-hybridized carbons (Fsp3) is 0.682. The number of carbonyl (C=O) groups is 1. The summed E-state index contributed by atoms with van der Waals surface area (Å²) >= 11 is 3.47. The van der Waals surface area contributed by atoms with Gasteiger partial charge in [-0.2, -0.15) is 0 Å². The molecular formula is C22H34BrNO2. The second kappa shape index (κ2) is 12.5. The molecule has 1 saturated heterocycles. The summed E-state index contributed by atoms with van der Waals surface area (Å²) < 4.78 is 6.05. The zero-order chi connectivity index (χ0) is 18.5. The van der Waals surface area contributed by atoms with Gasteiger partial charge in [-0.05, 0) is 31.5 Å². The number of hydrogen-bond donors (Lipinski definition) is 1. The molecule has 0 atom stereocenters. The smallest absolute Gasteiger partial charge is 0.306 e. The first kappa shape index (κ1) is 21.4. The first-order valence-electron chi connectivity index (χ1n) is 10.3. The zero-order valence-electron chi connectivity index (χ0n) is 16.0. The largest absolute Gasteiger partial charge is 0.454 e. The molecule has 1 heterocycles. The lowest BCUT2D eigenvalue weighted by Gasteiger charge is -2.37. The highest BCUT2D eigenvalue weighted by atomic mass is 79.9. The third-order valence-electron chi connectivity index (χ3n) is 5.28. The van der Waals surface area contributed by atoms with E-state index in [-0.39, 0.29) is 5.97 Å². The highest BCUT2D eigenvalue weighted by Gasteiger charge is 2.37. The van der Waals surface area contributed by atoms with Crippen molar-refractivity contribution in [3.8, 4) is 0 Å². The molecule has 4 heteroatoms. The lowest BCUT2D eigenvalue weighted by atomic mass is 9.84. The predicted octanol–water partition coefficient (Wildman–Crippen LogP) is 5.71. The van der Waals surface area contributed by atoms with Gasteiger partial charge >= 0.3 is 5.97 Å². The molecule has 1 aliphatic rings. The summed E-state index contributed by atoms with van der Waals surface area (Å²) in [6, 6.07) is 10.3. The lowest BCUT2D eigenvalue weighted by molar-refractivity contribution is -0.164. The second-order valence-electron chi connectivity index (χ2n) is 7.35. The van der Waals surface area contributed by atoms with Crippen molar-refractivity contribution < 1.29 is 9.53 Å². The van der Waals surface area contributed by atoms with Crippen molar-refractivity contribution in [1.82, 2.24) is 5.32 Å². The van der Waals surface area contributed by atoms with E-state index < -0.39 is 5.60 Å². The normalized spacial score (nSPS) is 16.3. The highest BCUT2D eigenvalue weighted by molar-refractivity contribution is 9.09. The number of alkyl halides is 1. The minimum absolute atomic E-state index is 0.0342. The molecule has 0 amide bonds. The SMILES string of the molecule is O=C(CCCCCCCCCCBr)OC1(c2ccccc2)CCNCC1. The van der Waals surface area contributed by atoms with Crippen molar-refractivity contribution in [2.45, 2.75) is 76.2 Å². The molecule has 3 nitrogen and oxygen atoms in total. The van der Waals surface area contributed by atoms with Crippen LogP contribution >= 0.6 is 15.9 Å². The molecule has 0 aromatic heterocycles. The monoisotopic (exact) mass is 423 g/mol. The van der Waals surface area contributed by atoms with Gasteiger partial charge in [0.2, 0.25) is 0 Å². The van der Waals surface area contributed by atoms with Gasteiger partial charge < -0.3 is 10.1 Å². The van der Waals surface area contributed by atoms with Crippen LogP contribution in [-0.2, 0) is 15.1 Å². The number of esters is 1. The van der Waals surface area contributed by atoms with Gasteiger partial charge in [0.15, 0.2) is 0 Å². The van der Waals surface area contributed by atoms with E-state index in [4.69, 9.17) is 4.74 Å². The minimum atomic E-state index is -0.432. The topological polar surface area (TPSA) is 38.3 Å². The van der Waals surface area contributed by atoms with E-state index >= 15 is 0 Å². The average Bonchev–Trinajstić information content (AvgIpc) is 2.68. The van der Waals surface area contributed by atoms with Crippen LogP contribution in [-0.4, -0.2) is 24.4 Å². The van der Waals surface area contributed by atoms with Crippen LogP contribution in [0.25, 0.3) is 0 Å². The molecule has 146 valence electrons. The van der Waals surface area contributed by atoms with Crippen LogP contribution in [0.3, 0.4) is 0 Å². The predicted molar refractivity (Wildman–Crippen MR) is 112 cm³/mol. The molecule has 2 rings (SSSR count). The number of halogens is 1. The summed E-state index contributed by atoms with van der Waals surface area (Å²) in [4.78, 5) is 12.4. The molecule has 1 N–H and O–H groups in total. The van der Waals surface area contributed by atoms with Gasteiger partial charge in [0.05, 0.1) is 0 Å². The second-order valence-corrected chi connectivity index (χ2v) is 8.14. The molecule has 0 unspecified atom stereocenters.